The average molecular weight is 337 g/mol. The van der Waals surface area contributed by atoms with E-state index >= 15 is 0 Å². The van der Waals surface area contributed by atoms with E-state index in [9.17, 15) is 13.2 Å². The van der Waals surface area contributed by atoms with Gasteiger partial charge in [-0.25, -0.2) is 13.4 Å². The van der Waals surface area contributed by atoms with Crippen LogP contribution in [0.1, 0.15) is 23.2 Å². The van der Waals surface area contributed by atoms with E-state index in [1.807, 2.05) is 0 Å². The number of halogens is 1. The summed E-state index contributed by atoms with van der Waals surface area (Å²) in [6.07, 6.45) is 3.25. The minimum atomic E-state index is -3.71. The maximum atomic E-state index is 12.4. The molecule has 2 aromatic rings. The number of hydrogen-bond acceptors (Lipinski definition) is 4. The van der Waals surface area contributed by atoms with E-state index < -0.39 is 9.84 Å². The van der Waals surface area contributed by atoms with Crippen molar-refractivity contribution in [2.75, 3.05) is 0 Å². The van der Waals surface area contributed by atoms with Gasteiger partial charge in [0, 0.05) is 17.3 Å². The molecule has 1 N–H and O–H groups in total. The van der Waals surface area contributed by atoms with Crippen LogP contribution in [-0.4, -0.2) is 25.4 Å². The number of nitrogens with one attached hydrogen (secondary N) is 1. The van der Waals surface area contributed by atoms with Crippen molar-refractivity contribution < 1.29 is 13.2 Å². The molecule has 1 saturated carbocycles. The minimum Gasteiger partial charge on any atom is -0.349 e. The molecule has 0 spiro atoms. The molecule has 1 aromatic carbocycles. The van der Waals surface area contributed by atoms with Crippen LogP contribution in [-0.2, 0) is 9.84 Å². The first-order valence-corrected chi connectivity index (χ1v) is 8.60. The largest absolute Gasteiger partial charge is 0.349 e. The lowest BCUT2D eigenvalue weighted by Gasteiger charge is -2.06. The Morgan fingerprint density at radius 2 is 1.82 bits per heavy atom. The van der Waals surface area contributed by atoms with E-state index in [0.717, 1.165) is 12.8 Å². The summed E-state index contributed by atoms with van der Waals surface area (Å²) in [7, 11) is -3.71. The zero-order valence-corrected chi connectivity index (χ0v) is 13.1. The molecule has 0 saturated heterocycles. The third-order valence-electron chi connectivity index (χ3n) is 3.31. The van der Waals surface area contributed by atoms with E-state index in [0.29, 0.717) is 10.6 Å². The van der Waals surface area contributed by atoms with Crippen molar-refractivity contribution >= 4 is 27.3 Å². The van der Waals surface area contributed by atoms with Crippen molar-refractivity contribution in [3.63, 3.8) is 0 Å². The van der Waals surface area contributed by atoms with Crippen molar-refractivity contribution in [2.45, 2.75) is 28.8 Å². The highest BCUT2D eigenvalue weighted by Crippen LogP contribution is 2.22. The number of aromatic nitrogens is 1. The fourth-order valence-electron chi connectivity index (χ4n) is 1.90. The third kappa shape index (κ3) is 3.13. The van der Waals surface area contributed by atoms with Crippen LogP contribution in [0, 0.1) is 0 Å². The predicted octanol–water partition coefficient (Wildman–Crippen LogP) is 2.46. The molecule has 0 bridgehead atoms. The fraction of sp³-hybridized carbons (Fsp3) is 0.200. The van der Waals surface area contributed by atoms with Gasteiger partial charge < -0.3 is 5.32 Å². The first-order valence-electron chi connectivity index (χ1n) is 6.74. The summed E-state index contributed by atoms with van der Waals surface area (Å²) >= 11 is 5.76. The zero-order valence-electron chi connectivity index (χ0n) is 11.5. The van der Waals surface area contributed by atoms with Gasteiger partial charge in [0.05, 0.1) is 10.5 Å². The number of hydrogen-bond donors (Lipinski definition) is 1. The molecule has 0 radical (unpaired) electrons. The molecule has 1 aliphatic carbocycles. The second-order valence-electron chi connectivity index (χ2n) is 5.09. The molecule has 7 heteroatoms. The van der Waals surface area contributed by atoms with Gasteiger partial charge >= 0.3 is 0 Å². The molecule has 3 rings (SSSR count). The lowest BCUT2D eigenvalue weighted by Crippen LogP contribution is -2.25. The fourth-order valence-corrected chi connectivity index (χ4v) is 3.21. The summed E-state index contributed by atoms with van der Waals surface area (Å²) < 4.78 is 24.8. The maximum Gasteiger partial charge on any atom is 0.253 e. The number of carbonyl (C=O) groups is 1. The highest BCUT2D eigenvalue weighted by molar-refractivity contribution is 7.91. The number of amides is 1. The molecule has 1 aliphatic rings. The SMILES string of the molecule is O=C(NC1CC1)c1ccc(S(=O)(=O)c2ccc(Cl)cc2)nc1. The number of sulfone groups is 1. The van der Waals surface area contributed by atoms with Crippen molar-refractivity contribution in [3.05, 3.63) is 53.2 Å². The quantitative estimate of drug-likeness (QED) is 0.930. The number of benzene rings is 1. The van der Waals surface area contributed by atoms with E-state index in [2.05, 4.69) is 10.3 Å². The summed E-state index contributed by atoms with van der Waals surface area (Å²) in [5, 5.41) is 3.18. The first-order chi connectivity index (χ1) is 10.5. The van der Waals surface area contributed by atoms with Crippen LogP contribution in [0.4, 0.5) is 0 Å². The number of nitrogens with zero attached hydrogens (tertiary/aromatic N) is 1. The molecule has 0 atom stereocenters. The molecule has 114 valence electrons. The lowest BCUT2D eigenvalue weighted by molar-refractivity contribution is 0.0950. The molecule has 22 heavy (non-hydrogen) atoms. The van der Waals surface area contributed by atoms with Gasteiger partial charge in [-0.2, -0.15) is 0 Å². The Bertz CT molecular complexity index is 798. The Labute approximate surface area is 133 Å². The van der Waals surface area contributed by atoms with Gasteiger partial charge in [-0.15, -0.1) is 0 Å². The van der Waals surface area contributed by atoms with Crippen molar-refractivity contribution in [2.24, 2.45) is 0 Å². The Morgan fingerprint density at radius 1 is 1.14 bits per heavy atom. The normalized spacial score (nSPS) is 14.6. The summed E-state index contributed by atoms with van der Waals surface area (Å²) in [6, 6.07) is 8.90. The van der Waals surface area contributed by atoms with Crippen LogP contribution < -0.4 is 5.32 Å². The van der Waals surface area contributed by atoms with Gasteiger partial charge in [0.2, 0.25) is 9.84 Å². The average Bonchev–Trinajstić information content (AvgIpc) is 3.32. The van der Waals surface area contributed by atoms with Crippen LogP contribution in [0.5, 0.6) is 0 Å². The van der Waals surface area contributed by atoms with E-state index in [-0.39, 0.29) is 21.9 Å². The zero-order chi connectivity index (χ0) is 15.7. The summed E-state index contributed by atoms with van der Waals surface area (Å²) in [5.41, 5.74) is 0.349. The van der Waals surface area contributed by atoms with Crippen LogP contribution in [0.25, 0.3) is 0 Å². The van der Waals surface area contributed by atoms with Crippen LogP contribution in [0.15, 0.2) is 52.5 Å². The molecule has 0 unspecified atom stereocenters. The molecule has 1 amide bonds. The Hall–Kier alpha value is -1.92. The van der Waals surface area contributed by atoms with Gasteiger partial charge in [0.1, 0.15) is 0 Å². The van der Waals surface area contributed by atoms with Gasteiger partial charge in [0.15, 0.2) is 5.03 Å². The van der Waals surface area contributed by atoms with Crippen LogP contribution in [0.2, 0.25) is 5.02 Å². The second kappa shape index (κ2) is 5.70. The minimum absolute atomic E-state index is 0.0993. The molecule has 1 fully saturated rings. The van der Waals surface area contributed by atoms with Gasteiger partial charge in [0.25, 0.3) is 5.91 Å². The van der Waals surface area contributed by atoms with E-state index in [1.54, 1.807) is 0 Å². The van der Waals surface area contributed by atoms with E-state index in [4.69, 9.17) is 11.6 Å². The number of pyridine rings is 1. The molecule has 5 nitrogen and oxygen atoms in total. The van der Waals surface area contributed by atoms with Crippen molar-refractivity contribution in [1.82, 2.24) is 10.3 Å². The topological polar surface area (TPSA) is 76.1 Å². The van der Waals surface area contributed by atoms with Gasteiger partial charge in [-0.05, 0) is 49.2 Å². The Balaban J connectivity index is 1.84. The van der Waals surface area contributed by atoms with Crippen LogP contribution >= 0.6 is 11.6 Å². The summed E-state index contributed by atoms with van der Waals surface area (Å²) in [4.78, 5) is 15.9. The Kier molecular flexibility index (Phi) is 3.88. The van der Waals surface area contributed by atoms with Crippen molar-refractivity contribution in [1.29, 1.82) is 0 Å². The smallest absolute Gasteiger partial charge is 0.253 e. The maximum absolute atomic E-state index is 12.4. The first kappa shape index (κ1) is 15.0. The second-order valence-corrected chi connectivity index (χ2v) is 7.42. The monoisotopic (exact) mass is 336 g/mol. The molecule has 1 aromatic heterocycles. The van der Waals surface area contributed by atoms with Gasteiger partial charge in [-0.3, -0.25) is 4.79 Å². The summed E-state index contributed by atoms with van der Waals surface area (Å²) in [6.45, 7) is 0. The number of carbonyl (C=O) groups excluding carboxylic acids is 1. The molecular weight excluding hydrogens is 324 g/mol. The van der Waals surface area contributed by atoms with Gasteiger partial charge in [-0.1, -0.05) is 11.6 Å². The lowest BCUT2D eigenvalue weighted by atomic mass is 10.3. The molecular formula is C15H13ClN2O3S. The van der Waals surface area contributed by atoms with E-state index in [1.165, 1.54) is 42.6 Å². The number of rotatable bonds is 4. The standard InChI is InChI=1S/C15H13ClN2O3S/c16-11-2-6-13(7-3-11)22(20,21)14-8-1-10(9-17-14)15(19)18-12-4-5-12/h1-3,6-9,12H,4-5H2,(H,18,19). The van der Waals surface area contributed by atoms with Crippen LogP contribution in [0.3, 0.4) is 0 Å². The molecule has 1 heterocycles. The third-order valence-corrected chi connectivity index (χ3v) is 5.25. The Morgan fingerprint density at radius 3 is 2.36 bits per heavy atom. The summed E-state index contributed by atoms with van der Waals surface area (Å²) in [5.74, 6) is -0.231. The molecule has 0 aliphatic heterocycles. The highest BCUT2D eigenvalue weighted by Gasteiger charge is 2.24. The highest BCUT2D eigenvalue weighted by atomic mass is 35.5. The predicted molar refractivity (Wildman–Crippen MR) is 81.6 cm³/mol. The van der Waals surface area contributed by atoms with Crippen molar-refractivity contribution in [3.8, 4) is 0 Å².